The van der Waals surface area contributed by atoms with E-state index in [1.54, 1.807) is 30.3 Å². The molecule has 0 spiro atoms. The van der Waals surface area contributed by atoms with Crippen LogP contribution in [0, 0.1) is 5.82 Å². The lowest BCUT2D eigenvalue weighted by Gasteiger charge is -2.14. The third kappa shape index (κ3) is 8.11. The number of hydrogen-bond donors (Lipinski definition) is 3. The van der Waals surface area contributed by atoms with Crippen LogP contribution in [0.25, 0.3) is 0 Å². The first-order chi connectivity index (χ1) is 14.4. The number of anilines is 1. The van der Waals surface area contributed by atoms with Crippen molar-refractivity contribution in [3.05, 3.63) is 63.4 Å². The summed E-state index contributed by atoms with van der Waals surface area (Å²) in [5.41, 5.74) is 6.96. The molecule has 0 saturated carbocycles. The van der Waals surface area contributed by atoms with Gasteiger partial charge in [0.1, 0.15) is 5.82 Å². The zero-order valence-electron chi connectivity index (χ0n) is 16.7. The van der Waals surface area contributed by atoms with E-state index in [4.69, 9.17) is 33.7 Å². The molecule has 0 fully saturated rings. The van der Waals surface area contributed by atoms with Gasteiger partial charge in [0.05, 0.1) is 34.9 Å². The molecule has 0 heterocycles. The van der Waals surface area contributed by atoms with Gasteiger partial charge in [0.15, 0.2) is 0 Å². The molecule has 2 aromatic carbocycles. The molecule has 0 amide bonds. The minimum absolute atomic E-state index is 0.0522. The van der Waals surface area contributed by atoms with Gasteiger partial charge in [-0.05, 0) is 48.7 Å². The van der Waals surface area contributed by atoms with E-state index in [1.165, 1.54) is 6.07 Å². The van der Waals surface area contributed by atoms with Gasteiger partial charge in [-0.15, -0.1) is 0 Å². The average Bonchev–Trinajstić information content (AvgIpc) is 2.71. The number of halogens is 3. The number of esters is 1. The highest BCUT2D eigenvalue weighted by molar-refractivity contribution is 6.38. The summed E-state index contributed by atoms with van der Waals surface area (Å²) in [5.74, 6) is -0.812. The Hall–Kier alpha value is -1.86. The van der Waals surface area contributed by atoms with Crippen LogP contribution in [0.3, 0.4) is 0 Å². The second-order valence-electron chi connectivity index (χ2n) is 7.02. The summed E-state index contributed by atoms with van der Waals surface area (Å²) in [7, 11) is 0. The normalized spacial score (nSPS) is 12.0. The van der Waals surface area contributed by atoms with Gasteiger partial charge in [-0.25, -0.2) is 4.39 Å². The molecule has 1 atom stereocenters. The van der Waals surface area contributed by atoms with Gasteiger partial charge in [-0.3, -0.25) is 4.79 Å². The summed E-state index contributed by atoms with van der Waals surface area (Å²) in [5, 5.41) is 14.1. The molecule has 0 aliphatic heterocycles. The summed E-state index contributed by atoms with van der Waals surface area (Å²) in [6.45, 7) is 1.46. The third-order valence-electron chi connectivity index (χ3n) is 4.63. The van der Waals surface area contributed by atoms with Crippen molar-refractivity contribution >= 4 is 34.9 Å². The van der Waals surface area contributed by atoms with Crippen LogP contribution >= 0.6 is 23.2 Å². The Bertz CT molecular complexity index is 813. The van der Waals surface area contributed by atoms with Crippen molar-refractivity contribution in [3.8, 4) is 0 Å². The number of hydrogen-bond acceptors (Lipinski definition) is 5. The zero-order valence-corrected chi connectivity index (χ0v) is 18.2. The van der Waals surface area contributed by atoms with Crippen molar-refractivity contribution in [3.63, 3.8) is 0 Å². The number of rotatable bonds is 12. The van der Waals surface area contributed by atoms with E-state index < -0.39 is 17.9 Å². The van der Waals surface area contributed by atoms with E-state index in [-0.39, 0.29) is 6.42 Å². The van der Waals surface area contributed by atoms with Crippen LogP contribution in [0.1, 0.15) is 42.9 Å². The number of nitrogens with two attached hydrogens (primary N) is 1. The average molecular weight is 457 g/mol. The van der Waals surface area contributed by atoms with Gasteiger partial charge in [-0.2, -0.15) is 0 Å². The number of ether oxygens (including phenoxy) is 1. The number of aliphatic hydroxyl groups excluding tert-OH is 1. The smallest absolute Gasteiger partial charge is 0.310 e. The summed E-state index contributed by atoms with van der Waals surface area (Å²) >= 11 is 12.0. The highest BCUT2D eigenvalue weighted by Gasteiger charge is 2.12. The first-order valence-corrected chi connectivity index (χ1v) is 10.7. The summed E-state index contributed by atoms with van der Waals surface area (Å²) in [6.07, 6.45) is 2.79. The lowest BCUT2D eigenvalue weighted by molar-refractivity contribution is -0.143. The summed E-state index contributed by atoms with van der Waals surface area (Å²) in [6, 6.07) is 9.42. The highest BCUT2D eigenvalue weighted by Crippen LogP contribution is 2.31. The Morgan fingerprint density at radius 3 is 2.50 bits per heavy atom. The fourth-order valence-electron chi connectivity index (χ4n) is 2.89. The third-order valence-corrected chi connectivity index (χ3v) is 5.25. The molecule has 0 aliphatic carbocycles. The molecule has 0 saturated heterocycles. The van der Waals surface area contributed by atoms with Crippen LogP contribution in [-0.2, 0) is 16.0 Å². The number of nitrogen functional groups attached to an aromatic ring is 1. The second kappa shape index (κ2) is 12.7. The minimum atomic E-state index is -0.727. The maximum Gasteiger partial charge on any atom is 0.310 e. The molecule has 30 heavy (non-hydrogen) atoms. The first kappa shape index (κ1) is 24.4. The van der Waals surface area contributed by atoms with Crippen LogP contribution in [-0.4, -0.2) is 30.8 Å². The molecule has 0 radical (unpaired) electrons. The number of carbonyl (C=O) groups excluding carboxylic acids is 1. The maximum atomic E-state index is 13.5. The van der Waals surface area contributed by atoms with Gasteiger partial charge >= 0.3 is 5.97 Å². The van der Waals surface area contributed by atoms with Gasteiger partial charge in [0, 0.05) is 6.54 Å². The molecule has 164 valence electrons. The van der Waals surface area contributed by atoms with Gasteiger partial charge in [0.25, 0.3) is 0 Å². The Kier molecular flexibility index (Phi) is 10.4. The highest BCUT2D eigenvalue weighted by atomic mass is 35.5. The van der Waals surface area contributed by atoms with Crippen LogP contribution in [0.15, 0.2) is 36.4 Å². The molecule has 1 unspecified atom stereocenters. The zero-order chi connectivity index (χ0) is 21.9. The molecule has 2 aromatic rings. The number of carbonyl (C=O) groups is 1. The number of aliphatic hydroxyl groups is 1. The van der Waals surface area contributed by atoms with Crippen molar-refractivity contribution in [1.82, 2.24) is 5.32 Å². The molecule has 0 aromatic heterocycles. The Balaban J connectivity index is 1.51. The molecule has 4 N–H and O–H groups in total. The van der Waals surface area contributed by atoms with E-state index in [0.717, 1.165) is 32.2 Å². The van der Waals surface area contributed by atoms with Crippen molar-refractivity contribution in [2.75, 3.05) is 25.4 Å². The molecule has 0 aliphatic rings. The van der Waals surface area contributed by atoms with Crippen molar-refractivity contribution in [1.29, 1.82) is 0 Å². The predicted octanol–water partition coefficient (Wildman–Crippen LogP) is 4.68. The van der Waals surface area contributed by atoms with Crippen LogP contribution in [0.2, 0.25) is 10.0 Å². The Morgan fingerprint density at radius 1 is 1.13 bits per heavy atom. The Labute approximate surface area is 186 Å². The van der Waals surface area contributed by atoms with Crippen LogP contribution in [0.4, 0.5) is 10.1 Å². The van der Waals surface area contributed by atoms with Crippen LogP contribution in [0.5, 0.6) is 0 Å². The predicted molar refractivity (Wildman–Crippen MR) is 118 cm³/mol. The summed E-state index contributed by atoms with van der Waals surface area (Å²) < 4.78 is 18.6. The van der Waals surface area contributed by atoms with E-state index in [2.05, 4.69) is 5.32 Å². The Morgan fingerprint density at radius 2 is 1.80 bits per heavy atom. The van der Waals surface area contributed by atoms with E-state index >= 15 is 0 Å². The minimum Gasteiger partial charge on any atom is -0.465 e. The maximum absolute atomic E-state index is 13.5. The number of unbranched alkanes of at least 4 members (excludes halogenated alkanes) is 3. The van der Waals surface area contributed by atoms with Crippen molar-refractivity contribution in [2.24, 2.45) is 0 Å². The molecular formula is C22H27Cl2FN2O3. The number of benzene rings is 2. The van der Waals surface area contributed by atoms with Gasteiger partial charge in [-0.1, -0.05) is 54.2 Å². The van der Waals surface area contributed by atoms with Gasteiger partial charge in [0.2, 0.25) is 0 Å². The largest absolute Gasteiger partial charge is 0.465 e. The fraction of sp³-hybridized carbons (Fsp3) is 0.409. The molecule has 2 rings (SSSR count). The molecular weight excluding hydrogens is 430 g/mol. The molecule has 0 bridgehead atoms. The lowest BCUT2D eigenvalue weighted by atomic mass is 10.1. The van der Waals surface area contributed by atoms with E-state index in [1.807, 2.05) is 0 Å². The number of nitrogens with one attached hydrogen (secondary N) is 1. The first-order valence-electron chi connectivity index (χ1n) is 9.90. The second-order valence-corrected chi connectivity index (χ2v) is 7.84. The SMILES string of the molecule is Nc1c(Cl)cc(C(O)CNCCCCCCOC(=O)Cc2ccccc2F)cc1Cl. The van der Waals surface area contributed by atoms with Crippen molar-refractivity contribution in [2.45, 2.75) is 38.2 Å². The van der Waals surface area contributed by atoms with Crippen molar-refractivity contribution < 1.29 is 19.0 Å². The molecule has 5 nitrogen and oxygen atoms in total. The quantitative estimate of drug-likeness (QED) is 0.245. The van der Waals surface area contributed by atoms with E-state index in [0.29, 0.717) is 40.0 Å². The van der Waals surface area contributed by atoms with Gasteiger partial charge < -0.3 is 20.9 Å². The van der Waals surface area contributed by atoms with E-state index in [9.17, 15) is 14.3 Å². The monoisotopic (exact) mass is 456 g/mol. The topological polar surface area (TPSA) is 84.6 Å². The summed E-state index contributed by atoms with van der Waals surface area (Å²) in [4.78, 5) is 11.7. The fourth-order valence-corrected chi connectivity index (χ4v) is 3.40. The van der Waals surface area contributed by atoms with Crippen LogP contribution < -0.4 is 11.1 Å². The lowest BCUT2D eigenvalue weighted by Crippen LogP contribution is -2.22. The standard InChI is InChI=1S/C22H27Cl2FN2O3/c23-17-11-16(12-18(24)22(17)26)20(28)14-27-9-5-1-2-6-10-30-21(29)13-15-7-3-4-8-19(15)25/h3-4,7-8,11-12,20,27-28H,1-2,5-6,9-10,13-14,26H2. The molecule has 8 heteroatoms.